The van der Waals surface area contributed by atoms with Crippen molar-refractivity contribution in [1.29, 1.82) is 0 Å². The minimum absolute atomic E-state index is 0.0462. The second-order valence-corrected chi connectivity index (χ2v) is 8.95. The van der Waals surface area contributed by atoms with Gasteiger partial charge in [0.25, 0.3) is 5.91 Å². The fourth-order valence-corrected chi connectivity index (χ4v) is 4.88. The van der Waals surface area contributed by atoms with Gasteiger partial charge in [-0.2, -0.15) is 0 Å². The van der Waals surface area contributed by atoms with Gasteiger partial charge in [0.05, 0.1) is 0 Å². The molecule has 1 aromatic rings. The molecule has 1 saturated carbocycles. The highest BCUT2D eigenvalue weighted by Crippen LogP contribution is 2.46. The number of imide groups is 1. The molecule has 1 aromatic carbocycles. The van der Waals surface area contributed by atoms with Gasteiger partial charge in [-0.05, 0) is 55.6 Å². The molecule has 0 unspecified atom stereocenters. The molecule has 6 heteroatoms. The van der Waals surface area contributed by atoms with Crippen molar-refractivity contribution in [2.75, 3.05) is 6.54 Å². The molecule has 0 radical (unpaired) electrons. The maximum atomic E-state index is 13.1. The van der Waals surface area contributed by atoms with Crippen molar-refractivity contribution in [1.82, 2.24) is 10.2 Å². The standard InChI is InChI=1S/C21H28N2O4/c1-13-9-20(4,5)12-21(10-13)18(25)23(19(26)22-21)11-16(24)27-17-14(2)7-6-8-15(17)3/h6-8,13H,9-12H2,1-5H3,(H,22,26)/t13-,21+/m1/s1. The Morgan fingerprint density at radius 3 is 2.44 bits per heavy atom. The van der Waals surface area contributed by atoms with Gasteiger partial charge in [-0.25, -0.2) is 9.59 Å². The lowest BCUT2D eigenvalue weighted by Gasteiger charge is -2.43. The number of nitrogens with zero attached hydrogens (tertiary/aromatic N) is 1. The van der Waals surface area contributed by atoms with E-state index in [4.69, 9.17) is 4.74 Å². The Bertz CT molecular complexity index is 781. The second kappa shape index (κ2) is 6.66. The molecule has 3 amide bonds. The van der Waals surface area contributed by atoms with Gasteiger partial charge in [0.1, 0.15) is 17.8 Å². The Morgan fingerprint density at radius 2 is 1.85 bits per heavy atom. The summed E-state index contributed by atoms with van der Waals surface area (Å²) >= 11 is 0. The summed E-state index contributed by atoms with van der Waals surface area (Å²) in [6.07, 6.45) is 2.19. The molecule has 0 aromatic heterocycles. The number of hydrogen-bond acceptors (Lipinski definition) is 4. The van der Waals surface area contributed by atoms with Gasteiger partial charge in [-0.3, -0.25) is 9.69 Å². The van der Waals surface area contributed by atoms with E-state index in [1.54, 1.807) is 0 Å². The van der Waals surface area contributed by atoms with Crippen LogP contribution in [0, 0.1) is 25.2 Å². The zero-order valence-electron chi connectivity index (χ0n) is 16.7. The van der Waals surface area contributed by atoms with Gasteiger partial charge in [-0.1, -0.05) is 39.0 Å². The van der Waals surface area contributed by atoms with Gasteiger partial charge in [0.15, 0.2) is 0 Å². The molecule has 1 spiro atoms. The van der Waals surface area contributed by atoms with Crippen LogP contribution in [0.1, 0.15) is 51.2 Å². The molecule has 27 heavy (non-hydrogen) atoms. The third-order valence-electron chi connectivity index (χ3n) is 5.54. The number of benzene rings is 1. The maximum absolute atomic E-state index is 13.1. The minimum atomic E-state index is -0.906. The number of aryl methyl sites for hydroxylation is 2. The molecular formula is C21H28N2O4. The van der Waals surface area contributed by atoms with Crippen LogP contribution in [-0.4, -0.2) is 34.9 Å². The molecule has 0 bridgehead atoms. The predicted octanol–water partition coefficient (Wildman–Crippen LogP) is 3.35. The first-order chi connectivity index (χ1) is 12.5. The van der Waals surface area contributed by atoms with Gasteiger partial charge in [-0.15, -0.1) is 0 Å². The van der Waals surface area contributed by atoms with Crippen LogP contribution >= 0.6 is 0 Å². The van der Waals surface area contributed by atoms with Crippen molar-refractivity contribution in [3.63, 3.8) is 0 Å². The summed E-state index contributed by atoms with van der Waals surface area (Å²) < 4.78 is 5.46. The second-order valence-electron chi connectivity index (χ2n) is 8.95. The SMILES string of the molecule is Cc1cccc(C)c1OC(=O)CN1C(=O)N[C@]2(C[C@H](C)CC(C)(C)C2)C1=O. The lowest BCUT2D eigenvalue weighted by Crippen LogP contribution is -2.54. The fraction of sp³-hybridized carbons (Fsp3) is 0.571. The predicted molar refractivity (Wildman–Crippen MR) is 101 cm³/mol. The molecule has 1 N–H and O–H groups in total. The molecule has 1 saturated heterocycles. The van der Waals surface area contributed by atoms with Crippen molar-refractivity contribution in [3.05, 3.63) is 29.3 Å². The largest absolute Gasteiger partial charge is 0.425 e. The normalized spacial score (nSPS) is 27.0. The van der Waals surface area contributed by atoms with Gasteiger partial charge < -0.3 is 10.1 Å². The van der Waals surface area contributed by atoms with Gasteiger partial charge in [0, 0.05) is 0 Å². The molecule has 1 aliphatic heterocycles. The van der Waals surface area contributed by atoms with Crippen LogP contribution in [0.3, 0.4) is 0 Å². The monoisotopic (exact) mass is 372 g/mol. The molecular weight excluding hydrogens is 344 g/mol. The average Bonchev–Trinajstić information content (AvgIpc) is 2.72. The number of para-hydroxylation sites is 1. The van der Waals surface area contributed by atoms with Crippen molar-refractivity contribution >= 4 is 17.9 Å². The number of nitrogens with one attached hydrogen (secondary N) is 1. The van der Waals surface area contributed by atoms with Crippen molar-refractivity contribution < 1.29 is 19.1 Å². The third kappa shape index (κ3) is 3.70. The molecule has 1 aliphatic carbocycles. The molecule has 2 aliphatic rings. The summed E-state index contributed by atoms with van der Waals surface area (Å²) in [5.74, 6) is -0.127. The van der Waals surface area contributed by atoms with E-state index in [0.717, 1.165) is 22.4 Å². The highest BCUT2D eigenvalue weighted by molar-refractivity contribution is 6.08. The number of amides is 3. The van der Waals surface area contributed by atoms with Crippen LogP contribution in [0.25, 0.3) is 0 Å². The van der Waals surface area contributed by atoms with Crippen molar-refractivity contribution in [3.8, 4) is 5.75 Å². The van der Waals surface area contributed by atoms with Gasteiger partial charge in [0.2, 0.25) is 0 Å². The van der Waals surface area contributed by atoms with Crippen LogP contribution in [0.15, 0.2) is 18.2 Å². The maximum Gasteiger partial charge on any atom is 0.331 e. The fourth-order valence-electron chi connectivity index (χ4n) is 4.88. The zero-order chi connectivity index (χ0) is 20.0. The number of rotatable bonds is 3. The average molecular weight is 372 g/mol. The smallest absolute Gasteiger partial charge is 0.331 e. The van der Waals surface area contributed by atoms with Crippen LogP contribution in [0.4, 0.5) is 4.79 Å². The third-order valence-corrected chi connectivity index (χ3v) is 5.54. The topological polar surface area (TPSA) is 75.7 Å². The molecule has 3 rings (SSSR count). The number of carbonyl (C=O) groups excluding carboxylic acids is 3. The Hall–Kier alpha value is -2.37. The number of urea groups is 1. The van der Waals surface area contributed by atoms with Crippen LogP contribution in [-0.2, 0) is 9.59 Å². The molecule has 6 nitrogen and oxygen atoms in total. The van der Waals surface area contributed by atoms with Crippen LogP contribution in [0.2, 0.25) is 0 Å². The van der Waals surface area contributed by atoms with E-state index in [2.05, 4.69) is 26.1 Å². The summed E-state index contributed by atoms with van der Waals surface area (Å²) in [5, 5.41) is 2.88. The molecule has 1 heterocycles. The van der Waals surface area contributed by atoms with Crippen LogP contribution in [0.5, 0.6) is 5.75 Å². The minimum Gasteiger partial charge on any atom is -0.425 e. The van der Waals surface area contributed by atoms with E-state index in [9.17, 15) is 14.4 Å². The quantitative estimate of drug-likeness (QED) is 0.502. The Kier molecular flexibility index (Phi) is 4.78. The highest BCUT2D eigenvalue weighted by Gasteiger charge is 2.56. The number of ether oxygens (including phenoxy) is 1. The highest BCUT2D eigenvalue weighted by atomic mass is 16.5. The molecule has 146 valence electrons. The lowest BCUT2D eigenvalue weighted by atomic mass is 9.64. The van der Waals surface area contributed by atoms with Gasteiger partial charge >= 0.3 is 12.0 Å². The number of hydrogen-bond donors (Lipinski definition) is 1. The van der Waals surface area contributed by atoms with Crippen molar-refractivity contribution in [2.24, 2.45) is 11.3 Å². The Labute approximate surface area is 160 Å². The van der Waals surface area contributed by atoms with E-state index >= 15 is 0 Å². The summed E-state index contributed by atoms with van der Waals surface area (Å²) in [6.45, 7) is 9.64. The first-order valence-electron chi connectivity index (χ1n) is 9.44. The van der Waals surface area contributed by atoms with Crippen LogP contribution < -0.4 is 10.1 Å². The Balaban J connectivity index is 1.75. The number of carbonyl (C=O) groups is 3. The molecule has 2 atom stereocenters. The van der Waals surface area contributed by atoms with E-state index in [-0.39, 0.29) is 17.9 Å². The van der Waals surface area contributed by atoms with E-state index in [1.807, 2.05) is 32.0 Å². The molecule has 2 fully saturated rings. The lowest BCUT2D eigenvalue weighted by molar-refractivity contribution is -0.142. The van der Waals surface area contributed by atoms with E-state index < -0.39 is 17.5 Å². The van der Waals surface area contributed by atoms with E-state index in [1.165, 1.54) is 0 Å². The number of esters is 1. The summed E-state index contributed by atoms with van der Waals surface area (Å²) in [7, 11) is 0. The summed E-state index contributed by atoms with van der Waals surface area (Å²) in [6, 6.07) is 5.08. The van der Waals surface area contributed by atoms with Crippen molar-refractivity contribution in [2.45, 2.75) is 59.4 Å². The summed E-state index contributed by atoms with van der Waals surface area (Å²) in [4.78, 5) is 39.0. The summed E-state index contributed by atoms with van der Waals surface area (Å²) in [5.41, 5.74) is 0.715. The van der Waals surface area contributed by atoms with E-state index in [0.29, 0.717) is 24.5 Å². The first kappa shape index (κ1) is 19.4. The zero-order valence-corrected chi connectivity index (χ0v) is 16.7. The Morgan fingerprint density at radius 1 is 1.22 bits per heavy atom. The first-order valence-corrected chi connectivity index (χ1v) is 9.44.